The van der Waals surface area contributed by atoms with Gasteiger partial charge in [-0.3, -0.25) is 0 Å². The molecule has 0 aliphatic heterocycles. The van der Waals surface area contributed by atoms with Gasteiger partial charge in [-0.1, -0.05) is 36.4 Å². The van der Waals surface area contributed by atoms with E-state index in [4.69, 9.17) is 18.2 Å². The van der Waals surface area contributed by atoms with E-state index >= 15 is 0 Å². The Morgan fingerprint density at radius 2 is 2.17 bits per heavy atom. The average Bonchev–Trinajstić information content (AvgIpc) is 3.00. The zero-order valence-corrected chi connectivity index (χ0v) is 15.0. The summed E-state index contributed by atoms with van der Waals surface area (Å²) in [4.78, 5) is 7.39. The summed E-state index contributed by atoms with van der Waals surface area (Å²) in [5, 5.41) is 1.07. The van der Waals surface area contributed by atoms with Crippen LogP contribution in [0.4, 0.5) is 0 Å². The minimum atomic E-state index is -0.418. The molecular weight excluding hydrogens is 316 g/mol. The highest BCUT2D eigenvalue weighted by molar-refractivity contribution is 6.21. The van der Waals surface area contributed by atoms with E-state index in [1.165, 1.54) is 10.9 Å². The minimum absolute atomic E-state index is 0.0640. The van der Waals surface area contributed by atoms with Gasteiger partial charge >= 0.3 is 0 Å². The molecule has 0 saturated heterocycles. The van der Waals surface area contributed by atoms with Crippen LogP contribution >= 0.6 is 11.6 Å². The highest BCUT2D eigenvalue weighted by Gasteiger charge is 2.55. The van der Waals surface area contributed by atoms with Gasteiger partial charge in [-0.15, -0.1) is 18.2 Å². The number of hydrogen-bond acceptors (Lipinski definition) is 0. The van der Waals surface area contributed by atoms with Crippen molar-refractivity contribution in [2.75, 3.05) is 0 Å². The Labute approximate surface area is 149 Å². The quantitative estimate of drug-likeness (QED) is 0.406. The molecule has 1 aromatic heterocycles. The Hall–Kier alpha value is -1.98. The van der Waals surface area contributed by atoms with Gasteiger partial charge in [-0.25, -0.2) is 6.57 Å². The van der Waals surface area contributed by atoms with Crippen molar-refractivity contribution in [1.29, 1.82) is 0 Å². The van der Waals surface area contributed by atoms with Crippen LogP contribution in [0.15, 0.2) is 55.3 Å². The molecule has 2 nitrogen and oxygen atoms in total. The van der Waals surface area contributed by atoms with Crippen LogP contribution in [0.25, 0.3) is 15.7 Å². The maximum absolute atomic E-state index is 7.90. The maximum atomic E-state index is 7.90. The number of nitrogens with zero attached hydrogens (tertiary/aromatic N) is 1. The van der Waals surface area contributed by atoms with E-state index in [9.17, 15) is 0 Å². The summed E-state index contributed by atoms with van der Waals surface area (Å²) in [5.74, 6) is 0.257. The van der Waals surface area contributed by atoms with Gasteiger partial charge in [-0.2, -0.15) is 0 Å². The molecule has 1 aliphatic rings. The van der Waals surface area contributed by atoms with Gasteiger partial charge in [0.2, 0.25) is 6.04 Å². The van der Waals surface area contributed by atoms with Crippen molar-refractivity contribution in [3.05, 3.63) is 72.2 Å². The van der Waals surface area contributed by atoms with Crippen LogP contribution in [0, 0.1) is 17.9 Å². The number of alkyl halides is 1. The van der Waals surface area contributed by atoms with Crippen LogP contribution in [0.5, 0.6) is 0 Å². The predicted molar refractivity (Wildman–Crippen MR) is 102 cm³/mol. The fraction of sp³-hybridized carbons (Fsp3) is 0.381. The summed E-state index contributed by atoms with van der Waals surface area (Å²) in [7, 11) is 0. The summed E-state index contributed by atoms with van der Waals surface area (Å²) < 4.78 is 0. The minimum Gasteiger partial charge on any atom is -0.361 e. The summed E-state index contributed by atoms with van der Waals surface area (Å²) in [6.45, 7) is 20.2. The number of hydrogen-bond donors (Lipinski definition) is 1. The van der Waals surface area contributed by atoms with Crippen molar-refractivity contribution in [3.63, 3.8) is 0 Å². The molecule has 1 N–H and O–H groups in total. The molecule has 0 amide bonds. The van der Waals surface area contributed by atoms with Gasteiger partial charge in [0, 0.05) is 17.1 Å². The van der Waals surface area contributed by atoms with E-state index in [0.717, 1.165) is 17.5 Å². The summed E-state index contributed by atoms with van der Waals surface area (Å²) in [5.41, 5.74) is 2.97. The van der Waals surface area contributed by atoms with Crippen molar-refractivity contribution in [3.8, 4) is 0 Å². The zero-order valence-electron chi connectivity index (χ0n) is 14.2. The fourth-order valence-electron chi connectivity index (χ4n) is 4.15. The molecule has 1 saturated carbocycles. The summed E-state index contributed by atoms with van der Waals surface area (Å²) in [6.07, 6.45) is 4.75. The number of benzene rings is 1. The van der Waals surface area contributed by atoms with E-state index in [1.807, 2.05) is 25.1 Å². The maximum Gasteiger partial charge on any atom is 0.241 e. The van der Waals surface area contributed by atoms with Crippen LogP contribution in [-0.2, 0) is 0 Å². The molecule has 1 heterocycles. The normalized spacial score (nSPS) is 33.1. The molecule has 24 heavy (non-hydrogen) atoms. The van der Waals surface area contributed by atoms with Crippen molar-refractivity contribution < 1.29 is 0 Å². The lowest BCUT2D eigenvalue weighted by Gasteiger charge is -2.45. The van der Waals surface area contributed by atoms with Crippen molar-refractivity contribution >= 4 is 22.5 Å². The lowest BCUT2D eigenvalue weighted by molar-refractivity contribution is 0.202. The van der Waals surface area contributed by atoms with Crippen LogP contribution in [0.1, 0.15) is 31.7 Å². The third-order valence-electron chi connectivity index (χ3n) is 5.74. The van der Waals surface area contributed by atoms with Crippen molar-refractivity contribution in [2.45, 2.75) is 37.6 Å². The number of rotatable bonds is 3. The smallest absolute Gasteiger partial charge is 0.241 e. The van der Waals surface area contributed by atoms with E-state index in [0.29, 0.717) is 0 Å². The monoisotopic (exact) mass is 338 g/mol. The molecule has 3 heteroatoms. The second-order valence-corrected chi connectivity index (χ2v) is 7.64. The first-order valence-corrected chi connectivity index (χ1v) is 8.73. The lowest BCUT2D eigenvalue weighted by Crippen LogP contribution is -2.48. The summed E-state index contributed by atoms with van der Waals surface area (Å²) >= 11 is 6.72. The van der Waals surface area contributed by atoms with E-state index < -0.39 is 5.41 Å². The average molecular weight is 339 g/mol. The Morgan fingerprint density at radius 1 is 1.46 bits per heavy atom. The van der Waals surface area contributed by atoms with Crippen LogP contribution < -0.4 is 0 Å². The number of H-pyrrole nitrogens is 1. The van der Waals surface area contributed by atoms with Gasteiger partial charge in [0.15, 0.2) is 0 Å². The molecule has 3 rings (SSSR count). The standard InChI is InChI=1S/C21H23ClN2/c1-6-21(4)18(22)11-15(13(2)3)19(20(21)23-5)16-12-24-17-10-8-7-9-14(16)17/h6-10,12,15,18-20,24H,1-2,11H2,3-4H3/t15-,18-,19+,20-,21-/m0/s1. The molecule has 5 atom stereocenters. The SMILES string of the molecule is [C-]#[N+][C@H]1[C@@H](c2c[nH]c3ccccc23)[C@H](C(=C)C)C[C@H](Cl)[C@]1(C)C=C. The Morgan fingerprint density at radius 3 is 2.79 bits per heavy atom. The van der Waals surface area contributed by atoms with Gasteiger partial charge in [-0.05, 0) is 37.8 Å². The number of para-hydroxylation sites is 1. The van der Waals surface area contributed by atoms with Gasteiger partial charge in [0.1, 0.15) is 0 Å². The first kappa shape index (κ1) is 16.9. The first-order valence-electron chi connectivity index (χ1n) is 8.29. The van der Waals surface area contributed by atoms with Crippen LogP contribution in [0.2, 0.25) is 0 Å². The largest absolute Gasteiger partial charge is 0.361 e. The number of allylic oxidation sites excluding steroid dienone is 1. The second-order valence-electron chi connectivity index (χ2n) is 7.12. The number of aromatic amines is 1. The Bertz CT molecular complexity index is 828. The van der Waals surface area contributed by atoms with Crippen LogP contribution in [-0.4, -0.2) is 16.4 Å². The van der Waals surface area contributed by atoms with Crippen LogP contribution in [0.3, 0.4) is 0 Å². The molecule has 0 radical (unpaired) electrons. The van der Waals surface area contributed by atoms with Gasteiger partial charge in [0.25, 0.3) is 0 Å². The Balaban J connectivity index is 2.21. The molecule has 1 fully saturated rings. The third kappa shape index (κ3) is 2.39. The predicted octanol–water partition coefficient (Wildman–Crippen LogP) is 5.94. The molecule has 0 spiro atoms. The number of aromatic nitrogens is 1. The molecule has 124 valence electrons. The number of nitrogens with one attached hydrogen (secondary N) is 1. The summed E-state index contributed by atoms with van der Waals surface area (Å²) in [6, 6.07) is 8.00. The Kier molecular flexibility index (Phi) is 4.32. The molecular formula is C21H23ClN2. The van der Waals surface area contributed by atoms with E-state index in [2.05, 4.69) is 48.2 Å². The number of halogens is 1. The molecule has 0 unspecified atom stereocenters. The topological polar surface area (TPSA) is 20.1 Å². The molecule has 2 aromatic rings. The van der Waals surface area contributed by atoms with Gasteiger partial charge in [0.05, 0.1) is 16.7 Å². The second kappa shape index (κ2) is 6.15. The lowest BCUT2D eigenvalue weighted by atomic mass is 9.59. The number of fused-ring (bicyclic) bond motifs is 1. The third-order valence-corrected chi connectivity index (χ3v) is 6.39. The van der Waals surface area contributed by atoms with Crippen molar-refractivity contribution in [2.24, 2.45) is 11.3 Å². The van der Waals surface area contributed by atoms with E-state index in [1.54, 1.807) is 0 Å². The first-order chi connectivity index (χ1) is 11.4. The zero-order chi connectivity index (χ0) is 17.5. The molecule has 0 bridgehead atoms. The highest BCUT2D eigenvalue weighted by atomic mass is 35.5. The van der Waals surface area contributed by atoms with Gasteiger partial charge < -0.3 is 9.83 Å². The fourth-order valence-corrected chi connectivity index (χ4v) is 4.56. The van der Waals surface area contributed by atoms with Crippen molar-refractivity contribution in [1.82, 2.24) is 4.98 Å². The molecule has 1 aliphatic carbocycles. The molecule has 1 aromatic carbocycles. The highest BCUT2D eigenvalue weighted by Crippen LogP contribution is 2.54. The van der Waals surface area contributed by atoms with E-state index in [-0.39, 0.29) is 23.3 Å².